The Hall–Kier alpha value is -2.35. The van der Waals surface area contributed by atoms with Crippen LogP contribution in [-0.4, -0.2) is 37.7 Å². The molecule has 0 spiro atoms. The third-order valence-electron chi connectivity index (χ3n) is 8.63. The smallest absolute Gasteiger partial charge is 0.119 e. The van der Waals surface area contributed by atoms with E-state index in [2.05, 4.69) is 40.6 Å². The second kappa shape index (κ2) is 10.9. The molecule has 0 amide bonds. The molecule has 1 unspecified atom stereocenters. The van der Waals surface area contributed by atoms with Crippen LogP contribution in [0.1, 0.15) is 68.1 Å². The molecule has 2 aromatic carbocycles. The fourth-order valence-electron chi connectivity index (χ4n) is 6.98. The highest BCUT2D eigenvalue weighted by molar-refractivity contribution is 5.38. The number of likely N-dealkylation sites (tertiary alicyclic amines) is 1. The number of fused-ring (bicyclic) bond motifs is 1. The zero-order chi connectivity index (χ0) is 23.2. The van der Waals surface area contributed by atoms with Gasteiger partial charge in [-0.1, -0.05) is 43.5 Å². The highest BCUT2D eigenvalue weighted by atomic mass is 16.5. The van der Waals surface area contributed by atoms with Gasteiger partial charge in [0.2, 0.25) is 0 Å². The maximum absolute atomic E-state index is 8.93. The lowest BCUT2D eigenvalue weighted by atomic mass is 9.60. The molecule has 2 heterocycles. The Bertz CT molecular complexity index is 967. The molecule has 3 aliphatic rings. The van der Waals surface area contributed by atoms with Crippen LogP contribution in [0.2, 0.25) is 0 Å². The van der Waals surface area contributed by atoms with Gasteiger partial charge in [-0.2, -0.15) is 5.26 Å². The molecule has 34 heavy (non-hydrogen) atoms. The molecular weight excluding hydrogens is 418 g/mol. The Morgan fingerprint density at radius 3 is 2.44 bits per heavy atom. The molecule has 4 heteroatoms. The van der Waals surface area contributed by atoms with Gasteiger partial charge in [0.15, 0.2) is 0 Å². The van der Waals surface area contributed by atoms with Crippen LogP contribution in [0, 0.1) is 23.2 Å². The zero-order valence-corrected chi connectivity index (χ0v) is 20.5. The van der Waals surface area contributed by atoms with E-state index < -0.39 is 0 Å². The molecule has 5 rings (SSSR count). The number of nitrogens with zero attached hydrogens (tertiary/aromatic N) is 2. The van der Waals surface area contributed by atoms with E-state index in [1.807, 2.05) is 24.3 Å². The van der Waals surface area contributed by atoms with Gasteiger partial charge in [0.1, 0.15) is 5.75 Å². The van der Waals surface area contributed by atoms with E-state index in [9.17, 15) is 0 Å². The third kappa shape index (κ3) is 4.88. The van der Waals surface area contributed by atoms with Crippen LogP contribution in [0.15, 0.2) is 48.5 Å². The highest BCUT2D eigenvalue weighted by Crippen LogP contribution is 2.49. The van der Waals surface area contributed by atoms with E-state index in [0.29, 0.717) is 5.56 Å². The number of ether oxygens (including phenoxy) is 1. The van der Waals surface area contributed by atoms with Gasteiger partial charge in [0.25, 0.3) is 0 Å². The van der Waals surface area contributed by atoms with Crippen LogP contribution >= 0.6 is 0 Å². The van der Waals surface area contributed by atoms with Gasteiger partial charge < -0.3 is 15.0 Å². The van der Waals surface area contributed by atoms with E-state index in [0.717, 1.165) is 43.7 Å². The van der Waals surface area contributed by atoms with Crippen LogP contribution in [-0.2, 0) is 12.0 Å². The van der Waals surface area contributed by atoms with Gasteiger partial charge in [-0.15, -0.1) is 0 Å². The zero-order valence-electron chi connectivity index (χ0n) is 20.5. The minimum absolute atomic E-state index is 0.181. The second-order valence-corrected chi connectivity index (χ2v) is 10.5. The van der Waals surface area contributed by atoms with Gasteiger partial charge in [-0.3, -0.25) is 0 Å². The molecule has 0 bridgehead atoms. The molecule has 2 aromatic rings. The van der Waals surface area contributed by atoms with Crippen molar-refractivity contribution in [1.82, 2.24) is 10.2 Å². The predicted molar refractivity (Wildman–Crippen MR) is 137 cm³/mol. The van der Waals surface area contributed by atoms with Crippen molar-refractivity contribution in [2.24, 2.45) is 11.8 Å². The molecule has 2 aliphatic heterocycles. The van der Waals surface area contributed by atoms with Crippen molar-refractivity contribution < 1.29 is 4.74 Å². The summed E-state index contributed by atoms with van der Waals surface area (Å²) in [6.45, 7) is 5.34. The SMILES string of the molecule is N#Cc1ccc(OCCCN2CCC(C3(C4CCCCC4)NCCc4ccccc43)CC2)cc1. The quantitative estimate of drug-likeness (QED) is 0.545. The maximum Gasteiger partial charge on any atom is 0.119 e. The number of piperidine rings is 1. The Labute approximate surface area is 205 Å². The maximum atomic E-state index is 8.93. The number of rotatable bonds is 7. The number of nitriles is 1. The largest absolute Gasteiger partial charge is 0.494 e. The topological polar surface area (TPSA) is 48.3 Å². The average Bonchev–Trinajstić information content (AvgIpc) is 2.92. The van der Waals surface area contributed by atoms with Gasteiger partial charge in [-0.05, 0) is 98.8 Å². The molecule has 1 saturated carbocycles. The Kier molecular flexibility index (Phi) is 7.52. The molecule has 0 aromatic heterocycles. The molecule has 0 radical (unpaired) electrons. The number of benzene rings is 2. The summed E-state index contributed by atoms with van der Waals surface area (Å²) in [4.78, 5) is 2.64. The van der Waals surface area contributed by atoms with Crippen LogP contribution in [0.25, 0.3) is 0 Å². The lowest BCUT2D eigenvalue weighted by molar-refractivity contribution is 0.0370. The molecule has 1 atom stereocenters. The average molecular weight is 458 g/mol. The number of hydrogen-bond acceptors (Lipinski definition) is 4. The minimum Gasteiger partial charge on any atom is -0.494 e. The summed E-state index contributed by atoms with van der Waals surface area (Å²) >= 11 is 0. The highest BCUT2D eigenvalue weighted by Gasteiger charge is 2.49. The summed E-state index contributed by atoms with van der Waals surface area (Å²) in [5.74, 6) is 2.36. The fourth-order valence-corrected chi connectivity index (χ4v) is 6.98. The van der Waals surface area contributed by atoms with Crippen LogP contribution in [0.3, 0.4) is 0 Å². The van der Waals surface area contributed by atoms with E-state index >= 15 is 0 Å². The number of hydrogen-bond donors (Lipinski definition) is 1. The van der Waals surface area contributed by atoms with Gasteiger partial charge in [-0.25, -0.2) is 0 Å². The lowest BCUT2D eigenvalue weighted by Gasteiger charge is -2.54. The van der Waals surface area contributed by atoms with Crippen molar-refractivity contribution in [3.05, 3.63) is 65.2 Å². The molecular formula is C30H39N3O. The lowest BCUT2D eigenvalue weighted by Crippen LogP contribution is -2.59. The van der Waals surface area contributed by atoms with Gasteiger partial charge in [0.05, 0.1) is 18.2 Å². The summed E-state index contributed by atoms with van der Waals surface area (Å²) in [7, 11) is 0. The monoisotopic (exact) mass is 457 g/mol. The van der Waals surface area contributed by atoms with Crippen LogP contribution < -0.4 is 10.1 Å². The summed E-state index contributed by atoms with van der Waals surface area (Å²) in [5.41, 5.74) is 4.08. The standard InChI is InChI=1S/C30H39N3O/c31-23-24-11-13-28(14-12-24)34-22-6-19-33-20-16-27(17-21-33)30(26-8-2-1-3-9-26)29-10-5-4-7-25(29)15-18-32-30/h4-5,7,10-14,26-27,32H,1-3,6,8-9,15-22H2. The first kappa shape index (κ1) is 23.4. The van der Waals surface area contributed by atoms with Crippen molar-refractivity contribution in [2.45, 2.75) is 63.3 Å². The first-order valence-corrected chi connectivity index (χ1v) is 13.5. The Balaban J connectivity index is 1.19. The van der Waals surface area contributed by atoms with Crippen molar-refractivity contribution in [1.29, 1.82) is 5.26 Å². The van der Waals surface area contributed by atoms with Crippen molar-refractivity contribution in [2.75, 3.05) is 32.8 Å². The summed E-state index contributed by atoms with van der Waals surface area (Å²) in [6.07, 6.45) is 11.8. The predicted octanol–water partition coefficient (Wildman–Crippen LogP) is 5.66. The van der Waals surface area contributed by atoms with E-state index in [4.69, 9.17) is 10.00 Å². The number of nitrogens with one attached hydrogen (secondary N) is 1. The summed E-state index contributed by atoms with van der Waals surface area (Å²) < 4.78 is 5.90. The third-order valence-corrected chi connectivity index (χ3v) is 8.63. The van der Waals surface area contributed by atoms with Gasteiger partial charge >= 0.3 is 0 Å². The molecule has 1 N–H and O–H groups in total. The molecule has 4 nitrogen and oxygen atoms in total. The second-order valence-electron chi connectivity index (χ2n) is 10.5. The van der Waals surface area contributed by atoms with Gasteiger partial charge in [0, 0.05) is 18.6 Å². The molecule has 1 aliphatic carbocycles. The molecule has 2 fully saturated rings. The first-order chi connectivity index (χ1) is 16.8. The molecule has 1 saturated heterocycles. The van der Waals surface area contributed by atoms with Crippen molar-refractivity contribution in [3.63, 3.8) is 0 Å². The Morgan fingerprint density at radius 2 is 1.68 bits per heavy atom. The Morgan fingerprint density at radius 1 is 0.941 bits per heavy atom. The van der Waals surface area contributed by atoms with E-state index in [-0.39, 0.29) is 5.54 Å². The molecule has 180 valence electrons. The summed E-state index contributed by atoms with van der Waals surface area (Å²) in [5, 5.41) is 13.1. The van der Waals surface area contributed by atoms with E-state index in [1.165, 1.54) is 64.5 Å². The normalized spacial score (nSPS) is 24.3. The van der Waals surface area contributed by atoms with Crippen LogP contribution in [0.4, 0.5) is 0 Å². The van der Waals surface area contributed by atoms with E-state index in [1.54, 1.807) is 11.1 Å². The van der Waals surface area contributed by atoms with Crippen LogP contribution in [0.5, 0.6) is 5.75 Å². The minimum atomic E-state index is 0.181. The summed E-state index contributed by atoms with van der Waals surface area (Å²) in [6, 6.07) is 18.9. The van der Waals surface area contributed by atoms with Crippen molar-refractivity contribution >= 4 is 0 Å². The fraction of sp³-hybridized carbons (Fsp3) is 0.567. The van der Waals surface area contributed by atoms with Crippen molar-refractivity contribution in [3.8, 4) is 11.8 Å². The first-order valence-electron chi connectivity index (χ1n) is 13.5.